The molecule has 7 heteroatoms. The largest absolute Gasteiger partial charge is 0.494 e. The van der Waals surface area contributed by atoms with Crippen LogP contribution in [0, 0.1) is 12.7 Å². The van der Waals surface area contributed by atoms with Crippen LogP contribution in [0.3, 0.4) is 0 Å². The number of carbonyl (C=O) groups is 1. The highest BCUT2D eigenvalue weighted by Crippen LogP contribution is 2.21. The number of piperidine rings is 1. The van der Waals surface area contributed by atoms with Crippen molar-refractivity contribution in [1.29, 1.82) is 0 Å². The number of rotatable bonds is 4. The number of hydrogen-bond acceptors (Lipinski definition) is 5. The Morgan fingerprint density at radius 1 is 1.36 bits per heavy atom. The molecule has 1 atom stereocenters. The number of likely N-dealkylation sites (tertiary alicyclic amines) is 1. The van der Waals surface area contributed by atoms with Crippen LogP contribution in [-0.4, -0.2) is 47.1 Å². The Hall–Kier alpha value is -2.70. The number of aryl methyl sites for hydroxylation is 1. The third-order valence-corrected chi connectivity index (χ3v) is 4.10. The van der Waals surface area contributed by atoms with Crippen molar-refractivity contribution in [3.05, 3.63) is 47.7 Å². The minimum atomic E-state index is -0.547. The predicted molar refractivity (Wildman–Crippen MR) is 89.3 cm³/mol. The van der Waals surface area contributed by atoms with Crippen LogP contribution in [0.5, 0.6) is 11.6 Å². The van der Waals surface area contributed by atoms with Crippen LogP contribution in [0.2, 0.25) is 0 Å². The number of hydrogen-bond donors (Lipinski definition) is 0. The number of halogens is 1. The van der Waals surface area contributed by atoms with Crippen molar-refractivity contribution in [1.82, 2.24) is 14.9 Å². The van der Waals surface area contributed by atoms with E-state index in [1.807, 2.05) is 0 Å². The lowest BCUT2D eigenvalue weighted by molar-refractivity contribution is 0.0526. The number of carbonyl (C=O) groups excluding carboxylic acids is 1. The maximum absolute atomic E-state index is 13.8. The molecule has 0 N–H and O–H groups in total. The molecule has 1 aromatic heterocycles. The van der Waals surface area contributed by atoms with E-state index in [2.05, 4.69) is 9.97 Å². The minimum absolute atomic E-state index is 0.121. The number of nitrogens with zero attached hydrogens (tertiary/aromatic N) is 3. The first-order valence-corrected chi connectivity index (χ1v) is 8.16. The van der Waals surface area contributed by atoms with E-state index in [9.17, 15) is 9.18 Å². The normalized spacial score (nSPS) is 17.2. The van der Waals surface area contributed by atoms with Crippen molar-refractivity contribution in [2.75, 3.05) is 20.2 Å². The van der Waals surface area contributed by atoms with Crippen LogP contribution in [0.25, 0.3) is 0 Å². The van der Waals surface area contributed by atoms with Gasteiger partial charge in [-0.2, -0.15) is 4.98 Å². The first kappa shape index (κ1) is 17.1. The maximum atomic E-state index is 13.8. The first-order valence-electron chi connectivity index (χ1n) is 8.16. The lowest BCUT2D eigenvalue weighted by Crippen LogP contribution is -2.44. The van der Waals surface area contributed by atoms with Gasteiger partial charge < -0.3 is 14.4 Å². The van der Waals surface area contributed by atoms with Gasteiger partial charge in [0.25, 0.3) is 5.91 Å². The molecule has 1 saturated heterocycles. The lowest BCUT2D eigenvalue weighted by atomic mass is 10.1. The standard InChI is InChI=1S/C18H20FN3O3/c1-12-20-8-7-17(21-12)25-14-4-3-9-22(11-14)18(23)13-5-6-16(24-2)15(19)10-13/h5-8,10,14H,3-4,9,11H2,1-2H3. The lowest BCUT2D eigenvalue weighted by Gasteiger charge is -2.32. The van der Waals surface area contributed by atoms with E-state index in [4.69, 9.17) is 9.47 Å². The monoisotopic (exact) mass is 345 g/mol. The van der Waals surface area contributed by atoms with Crippen LogP contribution in [0.15, 0.2) is 30.5 Å². The van der Waals surface area contributed by atoms with Crippen LogP contribution >= 0.6 is 0 Å². The molecule has 1 unspecified atom stereocenters. The summed E-state index contributed by atoms with van der Waals surface area (Å²) >= 11 is 0. The van der Waals surface area contributed by atoms with Gasteiger partial charge in [-0.1, -0.05) is 0 Å². The summed E-state index contributed by atoms with van der Waals surface area (Å²) < 4.78 is 24.6. The predicted octanol–water partition coefficient (Wildman–Crippen LogP) is 2.62. The number of amides is 1. The molecule has 25 heavy (non-hydrogen) atoms. The average molecular weight is 345 g/mol. The van der Waals surface area contributed by atoms with Gasteiger partial charge in [-0.05, 0) is 38.0 Å². The first-order chi connectivity index (χ1) is 12.1. The zero-order valence-corrected chi connectivity index (χ0v) is 14.2. The molecule has 0 spiro atoms. The van der Waals surface area contributed by atoms with Crippen molar-refractivity contribution >= 4 is 5.91 Å². The zero-order chi connectivity index (χ0) is 17.8. The Kier molecular flexibility index (Phi) is 5.11. The van der Waals surface area contributed by atoms with E-state index in [0.717, 1.165) is 12.8 Å². The number of methoxy groups -OCH3 is 1. The van der Waals surface area contributed by atoms with Gasteiger partial charge in [0.15, 0.2) is 11.6 Å². The molecule has 0 saturated carbocycles. The van der Waals surface area contributed by atoms with E-state index in [0.29, 0.717) is 30.4 Å². The van der Waals surface area contributed by atoms with E-state index < -0.39 is 5.82 Å². The maximum Gasteiger partial charge on any atom is 0.254 e. The molecular formula is C18H20FN3O3. The van der Waals surface area contributed by atoms with E-state index in [1.54, 1.807) is 30.2 Å². The fourth-order valence-electron chi connectivity index (χ4n) is 2.87. The van der Waals surface area contributed by atoms with Crippen molar-refractivity contribution in [2.24, 2.45) is 0 Å². The highest BCUT2D eigenvalue weighted by Gasteiger charge is 2.26. The summed E-state index contributed by atoms with van der Waals surface area (Å²) in [5, 5.41) is 0. The fraction of sp³-hybridized carbons (Fsp3) is 0.389. The molecule has 0 radical (unpaired) electrons. The van der Waals surface area contributed by atoms with Gasteiger partial charge in [-0.25, -0.2) is 9.37 Å². The molecule has 1 aliphatic heterocycles. The second-order valence-electron chi connectivity index (χ2n) is 5.92. The Morgan fingerprint density at radius 3 is 2.92 bits per heavy atom. The van der Waals surface area contributed by atoms with E-state index >= 15 is 0 Å². The summed E-state index contributed by atoms with van der Waals surface area (Å²) in [6.45, 7) is 2.85. The summed E-state index contributed by atoms with van der Waals surface area (Å²) in [5.74, 6) is 0.496. The molecule has 0 bridgehead atoms. The minimum Gasteiger partial charge on any atom is -0.494 e. The molecule has 132 valence electrons. The third-order valence-electron chi connectivity index (χ3n) is 4.10. The highest BCUT2D eigenvalue weighted by atomic mass is 19.1. The van der Waals surface area contributed by atoms with Gasteiger partial charge >= 0.3 is 0 Å². The van der Waals surface area contributed by atoms with Crippen LogP contribution < -0.4 is 9.47 Å². The average Bonchev–Trinajstić information content (AvgIpc) is 2.61. The molecule has 0 aliphatic carbocycles. The summed E-state index contributed by atoms with van der Waals surface area (Å²) in [5.41, 5.74) is 0.303. The Morgan fingerprint density at radius 2 is 2.20 bits per heavy atom. The zero-order valence-electron chi connectivity index (χ0n) is 14.2. The Bertz CT molecular complexity index is 769. The van der Waals surface area contributed by atoms with Gasteiger partial charge in [0, 0.05) is 24.4 Å². The third kappa shape index (κ3) is 4.04. The second-order valence-corrected chi connectivity index (χ2v) is 5.92. The quantitative estimate of drug-likeness (QED) is 0.852. The van der Waals surface area contributed by atoms with Gasteiger partial charge in [-0.15, -0.1) is 0 Å². The van der Waals surface area contributed by atoms with E-state index in [-0.39, 0.29) is 17.8 Å². The molecule has 2 aromatic rings. The van der Waals surface area contributed by atoms with Crippen LogP contribution in [0.4, 0.5) is 4.39 Å². The molecule has 6 nitrogen and oxygen atoms in total. The summed E-state index contributed by atoms with van der Waals surface area (Å²) in [6.07, 6.45) is 3.15. The Labute approximate surface area is 145 Å². The molecule has 1 aromatic carbocycles. The molecule has 1 amide bonds. The van der Waals surface area contributed by atoms with Crippen molar-refractivity contribution in [3.8, 4) is 11.6 Å². The smallest absolute Gasteiger partial charge is 0.254 e. The number of aromatic nitrogens is 2. The van der Waals surface area contributed by atoms with Crippen LogP contribution in [0.1, 0.15) is 29.0 Å². The van der Waals surface area contributed by atoms with Crippen molar-refractivity contribution in [3.63, 3.8) is 0 Å². The van der Waals surface area contributed by atoms with Gasteiger partial charge in [0.2, 0.25) is 5.88 Å². The fourth-order valence-corrected chi connectivity index (χ4v) is 2.87. The number of benzene rings is 1. The number of ether oxygens (including phenoxy) is 2. The van der Waals surface area contributed by atoms with E-state index in [1.165, 1.54) is 19.2 Å². The van der Waals surface area contributed by atoms with Gasteiger partial charge in [0.1, 0.15) is 11.9 Å². The molecule has 1 fully saturated rings. The topological polar surface area (TPSA) is 64.5 Å². The van der Waals surface area contributed by atoms with Gasteiger partial charge in [0.05, 0.1) is 13.7 Å². The second kappa shape index (κ2) is 7.46. The molecule has 3 rings (SSSR count). The van der Waals surface area contributed by atoms with Crippen LogP contribution in [-0.2, 0) is 0 Å². The van der Waals surface area contributed by atoms with Crippen molar-refractivity contribution < 1.29 is 18.7 Å². The summed E-state index contributed by atoms with van der Waals surface area (Å²) in [7, 11) is 1.39. The van der Waals surface area contributed by atoms with Gasteiger partial charge in [-0.3, -0.25) is 4.79 Å². The molecule has 2 heterocycles. The Balaban J connectivity index is 1.68. The highest BCUT2D eigenvalue weighted by molar-refractivity contribution is 5.94. The summed E-state index contributed by atoms with van der Waals surface area (Å²) in [6, 6.07) is 5.94. The SMILES string of the molecule is COc1ccc(C(=O)N2CCCC(Oc3ccnc(C)n3)C2)cc1F. The molecular weight excluding hydrogens is 325 g/mol. The molecule has 1 aliphatic rings. The van der Waals surface area contributed by atoms with Crippen molar-refractivity contribution in [2.45, 2.75) is 25.9 Å². The summed E-state index contributed by atoms with van der Waals surface area (Å²) in [4.78, 5) is 22.6.